The molecular weight excluding hydrogens is 234 g/mol. The molecule has 1 saturated carbocycles. The van der Waals surface area contributed by atoms with Gasteiger partial charge in [-0.3, -0.25) is 0 Å². The maximum Gasteiger partial charge on any atom is 0.0872 e. The minimum atomic E-state index is 0.633. The van der Waals surface area contributed by atoms with E-state index in [-0.39, 0.29) is 0 Å². The van der Waals surface area contributed by atoms with Crippen molar-refractivity contribution >= 4 is 5.71 Å². The van der Waals surface area contributed by atoms with Crippen LogP contribution in [0.15, 0.2) is 47.4 Å². The van der Waals surface area contributed by atoms with Crippen LogP contribution in [0.4, 0.5) is 0 Å². The molecular formula is C16H21N3. The topological polar surface area (TPSA) is 40.2 Å². The summed E-state index contributed by atoms with van der Waals surface area (Å²) in [6.45, 7) is 0. The predicted molar refractivity (Wildman–Crippen MR) is 79.2 cm³/mol. The zero-order chi connectivity index (χ0) is 12.9. The van der Waals surface area contributed by atoms with Crippen LogP contribution < -0.4 is 5.32 Å². The first-order valence-corrected chi connectivity index (χ1v) is 7.28. The van der Waals surface area contributed by atoms with Gasteiger partial charge >= 0.3 is 0 Å². The van der Waals surface area contributed by atoms with E-state index < -0.39 is 0 Å². The average Bonchev–Trinajstić information content (AvgIpc) is 3.04. The maximum absolute atomic E-state index is 4.61. The van der Waals surface area contributed by atoms with Crippen molar-refractivity contribution in [3.63, 3.8) is 0 Å². The van der Waals surface area contributed by atoms with Gasteiger partial charge in [0.15, 0.2) is 0 Å². The highest BCUT2D eigenvalue weighted by Gasteiger charge is 2.11. The highest BCUT2D eigenvalue weighted by molar-refractivity contribution is 6.09. The van der Waals surface area contributed by atoms with Crippen LogP contribution in [0.25, 0.3) is 0 Å². The van der Waals surface area contributed by atoms with E-state index in [0.717, 1.165) is 17.1 Å². The van der Waals surface area contributed by atoms with Gasteiger partial charge in [0.2, 0.25) is 0 Å². The lowest BCUT2D eigenvalue weighted by Gasteiger charge is -2.14. The number of aromatic nitrogens is 1. The summed E-state index contributed by atoms with van der Waals surface area (Å²) in [4.78, 5) is 7.79. The SMILES string of the molecule is C1=C/C(=C\NC2CCCCCC2)N=C1c1ccc[nH]1. The van der Waals surface area contributed by atoms with Crippen molar-refractivity contribution in [2.24, 2.45) is 4.99 Å². The summed E-state index contributed by atoms with van der Waals surface area (Å²) in [5.41, 5.74) is 3.11. The molecule has 1 aromatic rings. The predicted octanol–water partition coefficient (Wildman–Crippen LogP) is 3.53. The van der Waals surface area contributed by atoms with Crippen molar-refractivity contribution in [1.29, 1.82) is 0 Å². The molecule has 3 rings (SSSR count). The minimum Gasteiger partial charge on any atom is -0.386 e. The van der Waals surface area contributed by atoms with E-state index in [9.17, 15) is 0 Å². The van der Waals surface area contributed by atoms with Crippen molar-refractivity contribution in [3.05, 3.63) is 48.1 Å². The second kappa shape index (κ2) is 5.91. The number of rotatable bonds is 3. The van der Waals surface area contributed by atoms with Gasteiger partial charge in [-0.15, -0.1) is 0 Å². The van der Waals surface area contributed by atoms with Gasteiger partial charge in [0.05, 0.1) is 17.1 Å². The first-order valence-electron chi connectivity index (χ1n) is 7.28. The Morgan fingerprint density at radius 2 is 2.00 bits per heavy atom. The zero-order valence-corrected chi connectivity index (χ0v) is 11.2. The molecule has 1 aliphatic carbocycles. The van der Waals surface area contributed by atoms with Gasteiger partial charge in [-0.2, -0.15) is 0 Å². The number of nitrogens with one attached hydrogen (secondary N) is 2. The third-order valence-electron chi connectivity index (χ3n) is 3.86. The number of nitrogens with zero attached hydrogens (tertiary/aromatic N) is 1. The molecule has 100 valence electrons. The number of allylic oxidation sites excluding steroid dienone is 2. The molecule has 3 nitrogen and oxygen atoms in total. The summed E-state index contributed by atoms with van der Waals surface area (Å²) >= 11 is 0. The highest BCUT2D eigenvalue weighted by atomic mass is 14.9. The molecule has 0 bridgehead atoms. The molecule has 0 radical (unpaired) electrons. The normalized spacial score (nSPS) is 22.5. The molecule has 0 saturated heterocycles. The maximum atomic E-state index is 4.61. The number of aromatic amines is 1. The molecule has 0 spiro atoms. The van der Waals surface area contributed by atoms with Gasteiger partial charge < -0.3 is 10.3 Å². The molecule has 1 fully saturated rings. The Balaban J connectivity index is 1.61. The Labute approximate surface area is 114 Å². The van der Waals surface area contributed by atoms with Crippen LogP contribution in [0.1, 0.15) is 44.2 Å². The van der Waals surface area contributed by atoms with E-state index >= 15 is 0 Å². The van der Waals surface area contributed by atoms with Crippen LogP contribution in [-0.4, -0.2) is 16.7 Å². The largest absolute Gasteiger partial charge is 0.386 e. The third kappa shape index (κ3) is 3.16. The third-order valence-corrected chi connectivity index (χ3v) is 3.86. The van der Waals surface area contributed by atoms with Gasteiger partial charge in [0, 0.05) is 18.4 Å². The number of H-pyrrole nitrogens is 1. The monoisotopic (exact) mass is 255 g/mol. The fourth-order valence-electron chi connectivity index (χ4n) is 2.75. The zero-order valence-electron chi connectivity index (χ0n) is 11.2. The average molecular weight is 255 g/mol. The van der Waals surface area contributed by atoms with Crippen LogP contribution in [-0.2, 0) is 0 Å². The Morgan fingerprint density at radius 1 is 1.16 bits per heavy atom. The lowest BCUT2D eigenvalue weighted by molar-refractivity contribution is 0.516. The van der Waals surface area contributed by atoms with Crippen molar-refractivity contribution in [3.8, 4) is 0 Å². The Morgan fingerprint density at radius 3 is 2.74 bits per heavy atom. The summed E-state index contributed by atoms with van der Waals surface area (Å²) in [6.07, 6.45) is 16.2. The van der Waals surface area contributed by atoms with E-state index in [1.54, 1.807) is 0 Å². The molecule has 19 heavy (non-hydrogen) atoms. The van der Waals surface area contributed by atoms with E-state index in [1.807, 2.05) is 18.3 Å². The van der Waals surface area contributed by atoms with Crippen molar-refractivity contribution in [2.45, 2.75) is 44.6 Å². The summed E-state index contributed by atoms with van der Waals surface area (Å²) in [5.74, 6) is 0. The molecule has 1 aliphatic heterocycles. The van der Waals surface area contributed by atoms with E-state index in [0.29, 0.717) is 6.04 Å². The number of hydrogen-bond acceptors (Lipinski definition) is 2. The van der Waals surface area contributed by atoms with E-state index in [2.05, 4.69) is 33.6 Å². The van der Waals surface area contributed by atoms with Crippen molar-refractivity contribution in [2.75, 3.05) is 0 Å². The van der Waals surface area contributed by atoms with Crippen LogP contribution >= 0.6 is 0 Å². The molecule has 0 amide bonds. The summed E-state index contributed by atoms with van der Waals surface area (Å²) in [7, 11) is 0. The van der Waals surface area contributed by atoms with Gasteiger partial charge in [0.1, 0.15) is 0 Å². The lowest BCUT2D eigenvalue weighted by atomic mass is 10.1. The molecule has 0 unspecified atom stereocenters. The second-order valence-electron chi connectivity index (χ2n) is 5.34. The fraction of sp³-hybridized carbons (Fsp3) is 0.438. The molecule has 2 aliphatic rings. The van der Waals surface area contributed by atoms with Crippen molar-refractivity contribution in [1.82, 2.24) is 10.3 Å². The molecule has 2 N–H and O–H groups in total. The Bertz CT molecular complexity index is 486. The standard InChI is InChI=1S/C16H21N3/c1-2-4-7-13(6-3-1)18-12-14-9-10-16(19-14)15-8-5-11-17-15/h5,8-13,17-18H,1-4,6-7H2/b14-12+. The van der Waals surface area contributed by atoms with Crippen LogP contribution in [0.5, 0.6) is 0 Å². The smallest absolute Gasteiger partial charge is 0.0872 e. The van der Waals surface area contributed by atoms with Crippen LogP contribution in [0.2, 0.25) is 0 Å². The number of hydrogen-bond donors (Lipinski definition) is 2. The second-order valence-corrected chi connectivity index (χ2v) is 5.34. The quantitative estimate of drug-likeness (QED) is 0.797. The molecule has 2 heterocycles. The van der Waals surface area contributed by atoms with Gasteiger partial charge in [-0.25, -0.2) is 4.99 Å². The van der Waals surface area contributed by atoms with Crippen LogP contribution in [0.3, 0.4) is 0 Å². The number of aliphatic imine (C=N–C) groups is 1. The van der Waals surface area contributed by atoms with Gasteiger partial charge in [0.25, 0.3) is 0 Å². The molecule has 1 aromatic heterocycles. The van der Waals surface area contributed by atoms with E-state index in [1.165, 1.54) is 38.5 Å². The highest BCUT2D eigenvalue weighted by Crippen LogP contribution is 2.18. The van der Waals surface area contributed by atoms with Crippen molar-refractivity contribution < 1.29 is 0 Å². The first-order chi connectivity index (χ1) is 9.42. The Kier molecular flexibility index (Phi) is 3.82. The fourth-order valence-corrected chi connectivity index (χ4v) is 2.75. The minimum absolute atomic E-state index is 0.633. The van der Waals surface area contributed by atoms with Crippen LogP contribution in [0, 0.1) is 0 Å². The first kappa shape index (κ1) is 12.3. The summed E-state index contributed by atoms with van der Waals surface area (Å²) in [5, 5.41) is 3.54. The lowest BCUT2D eigenvalue weighted by Crippen LogP contribution is -2.23. The molecule has 0 aromatic carbocycles. The van der Waals surface area contributed by atoms with Gasteiger partial charge in [-0.05, 0) is 37.1 Å². The molecule has 3 heteroatoms. The summed E-state index contributed by atoms with van der Waals surface area (Å²) < 4.78 is 0. The van der Waals surface area contributed by atoms with Gasteiger partial charge in [-0.1, -0.05) is 25.7 Å². The van der Waals surface area contributed by atoms with E-state index in [4.69, 9.17) is 0 Å². The Hall–Kier alpha value is -1.77. The molecule has 0 atom stereocenters. The summed E-state index contributed by atoms with van der Waals surface area (Å²) in [6, 6.07) is 4.68.